The predicted molar refractivity (Wildman–Crippen MR) is 91.3 cm³/mol. The van der Waals surface area contributed by atoms with Crippen molar-refractivity contribution in [2.75, 3.05) is 12.8 Å². The van der Waals surface area contributed by atoms with Gasteiger partial charge in [0.2, 0.25) is 0 Å². The molecule has 22 heavy (non-hydrogen) atoms. The number of ether oxygens (including phenoxy) is 1. The normalized spacial score (nSPS) is 11.6. The van der Waals surface area contributed by atoms with Gasteiger partial charge in [0.05, 0.1) is 12.8 Å². The lowest BCUT2D eigenvalue weighted by molar-refractivity contribution is 0.415. The maximum atomic E-state index is 6.19. The SMILES string of the molecule is COc1ccc2c(C(C)(C)c3ccccc3N)nccc2c1. The van der Waals surface area contributed by atoms with Crippen LogP contribution in [0.25, 0.3) is 10.8 Å². The number of methoxy groups -OCH3 is 1. The maximum absolute atomic E-state index is 6.19. The first-order valence-corrected chi connectivity index (χ1v) is 7.32. The Bertz CT molecular complexity index is 825. The van der Waals surface area contributed by atoms with Gasteiger partial charge in [0.1, 0.15) is 5.75 Å². The Hall–Kier alpha value is -2.55. The average Bonchev–Trinajstić information content (AvgIpc) is 2.53. The van der Waals surface area contributed by atoms with E-state index < -0.39 is 0 Å². The standard InChI is InChI=1S/C19H20N2O/c1-19(2,16-6-4-5-7-17(16)20)18-15-9-8-14(22-3)12-13(15)10-11-21-18/h4-12H,20H2,1-3H3. The summed E-state index contributed by atoms with van der Waals surface area (Å²) in [4.78, 5) is 4.66. The fourth-order valence-corrected chi connectivity index (χ4v) is 2.97. The smallest absolute Gasteiger partial charge is 0.119 e. The molecule has 3 aromatic rings. The number of anilines is 1. The molecule has 0 aliphatic carbocycles. The van der Waals surface area contributed by atoms with Crippen LogP contribution in [0.4, 0.5) is 5.69 Å². The quantitative estimate of drug-likeness (QED) is 0.738. The van der Waals surface area contributed by atoms with Gasteiger partial charge in [-0.25, -0.2) is 0 Å². The van der Waals surface area contributed by atoms with Gasteiger partial charge in [-0.2, -0.15) is 0 Å². The van der Waals surface area contributed by atoms with Crippen LogP contribution >= 0.6 is 0 Å². The van der Waals surface area contributed by atoms with E-state index in [-0.39, 0.29) is 5.41 Å². The van der Waals surface area contributed by atoms with Crippen LogP contribution in [0.5, 0.6) is 5.75 Å². The molecule has 3 heteroatoms. The Kier molecular flexibility index (Phi) is 3.49. The largest absolute Gasteiger partial charge is 0.497 e. The molecule has 0 spiro atoms. The van der Waals surface area contributed by atoms with Crippen LogP contribution in [-0.4, -0.2) is 12.1 Å². The molecule has 0 atom stereocenters. The van der Waals surface area contributed by atoms with E-state index in [0.717, 1.165) is 33.5 Å². The second-order valence-electron chi connectivity index (χ2n) is 5.96. The second-order valence-corrected chi connectivity index (χ2v) is 5.96. The van der Waals surface area contributed by atoms with Gasteiger partial charge in [-0.05, 0) is 41.3 Å². The second kappa shape index (κ2) is 5.34. The van der Waals surface area contributed by atoms with Crippen molar-refractivity contribution in [3.63, 3.8) is 0 Å². The zero-order valence-corrected chi connectivity index (χ0v) is 13.1. The lowest BCUT2D eigenvalue weighted by atomic mass is 9.78. The Morgan fingerprint density at radius 2 is 1.82 bits per heavy atom. The third-order valence-corrected chi connectivity index (χ3v) is 4.20. The molecule has 0 radical (unpaired) electrons. The molecule has 2 aromatic carbocycles. The summed E-state index contributed by atoms with van der Waals surface area (Å²) in [6, 6.07) is 16.1. The van der Waals surface area contributed by atoms with Crippen LogP contribution in [0, 0.1) is 0 Å². The number of aromatic nitrogens is 1. The maximum Gasteiger partial charge on any atom is 0.119 e. The van der Waals surface area contributed by atoms with Crippen molar-refractivity contribution >= 4 is 16.5 Å². The molecule has 0 unspecified atom stereocenters. The van der Waals surface area contributed by atoms with E-state index in [1.165, 1.54) is 0 Å². The molecular formula is C19H20N2O. The zero-order chi connectivity index (χ0) is 15.7. The van der Waals surface area contributed by atoms with E-state index in [9.17, 15) is 0 Å². The molecule has 2 N–H and O–H groups in total. The average molecular weight is 292 g/mol. The van der Waals surface area contributed by atoms with Crippen molar-refractivity contribution in [1.82, 2.24) is 4.98 Å². The van der Waals surface area contributed by atoms with E-state index >= 15 is 0 Å². The van der Waals surface area contributed by atoms with Gasteiger partial charge in [0.15, 0.2) is 0 Å². The van der Waals surface area contributed by atoms with Crippen LogP contribution in [0.2, 0.25) is 0 Å². The van der Waals surface area contributed by atoms with Gasteiger partial charge in [0.25, 0.3) is 0 Å². The highest BCUT2D eigenvalue weighted by atomic mass is 16.5. The molecule has 3 rings (SSSR count). The summed E-state index contributed by atoms with van der Waals surface area (Å²) in [5.74, 6) is 0.849. The Balaban J connectivity index is 2.23. The highest BCUT2D eigenvalue weighted by Gasteiger charge is 2.28. The van der Waals surface area contributed by atoms with Crippen molar-refractivity contribution < 1.29 is 4.74 Å². The first-order valence-electron chi connectivity index (χ1n) is 7.32. The topological polar surface area (TPSA) is 48.1 Å². The molecule has 1 heterocycles. The number of rotatable bonds is 3. The van der Waals surface area contributed by atoms with Crippen LogP contribution in [0.3, 0.4) is 0 Å². The van der Waals surface area contributed by atoms with E-state index in [4.69, 9.17) is 10.5 Å². The highest BCUT2D eigenvalue weighted by Crippen LogP contribution is 2.37. The fourth-order valence-electron chi connectivity index (χ4n) is 2.97. The minimum atomic E-state index is -0.278. The molecule has 0 aliphatic rings. The number of nitrogens with zero attached hydrogens (tertiary/aromatic N) is 1. The third kappa shape index (κ3) is 2.29. The number of nitrogen functional groups attached to an aromatic ring is 1. The number of para-hydroxylation sites is 1. The molecule has 0 saturated heterocycles. The minimum absolute atomic E-state index is 0.278. The third-order valence-electron chi connectivity index (χ3n) is 4.20. The van der Waals surface area contributed by atoms with Gasteiger partial charge < -0.3 is 10.5 Å². The van der Waals surface area contributed by atoms with E-state index in [1.807, 2.05) is 42.6 Å². The number of hydrogen-bond acceptors (Lipinski definition) is 3. The van der Waals surface area contributed by atoms with Gasteiger partial charge in [-0.15, -0.1) is 0 Å². The Morgan fingerprint density at radius 3 is 2.55 bits per heavy atom. The van der Waals surface area contributed by atoms with E-state index in [0.29, 0.717) is 0 Å². The van der Waals surface area contributed by atoms with E-state index in [1.54, 1.807) is 7.11 Å². The molecule has 0 bridgehead atoms. The highest BCUT2D eigenvalue weighted by molar-refractivity contribution is 5.87. The Morgan fingerprint density at radius 1 is 1.05 bits per heavy atom. The number of hydrogen-bond donors (Lipinski definition) is 1. The summed E-state index contributed by atoms with van der Waals surface area (Å²) in [6.07, 6.45) is 1.85. The van der Waals surface area contributed by atoms with Crippen molar-refractivity contribution in [1.29, 1.82) is 0 Å². The lowest BCUT2D eigenvalue weighted by Gasteiger charge is -2.27. The molecule has 0 amide bonds. The Labute approximate surface area is 130 Å². The van der Waals surface area contributed by atoms with Gasteiger partial charge in [-0.1, -0.05) is 32.0 Å². The van der Waals surface area contributed by atoms with Crippen LogP contribution in [0.1, 0.15) is 25.1 Å². The molecule has 0 aliphatic heterocycles. The molecule has 0 fully saturated rings. The summed E-state index contributed by atoms with van der Waals surface area (Å²) >= 11 is 0. The summed E-state index contributed by atoms with van der Waals surface area (Å²) in [5, 5.41) is 2.24. The van der Waals surface area contributed by atoms with Crippen molar-refractivity contribution in [3.05, 3.63) is 66.0 Å². The van der Waals surface area contributed by atoms with Gasteiger partial charge >= 0.3 is 0 Å². The lowest BCUT2D eigenvalue weighted by Crippen LogP contribution is -2.22. The van der Waals surface area contributed by atoms with Crippen LogP contribution < -0.4 is 10.5 Å². The molecule has 112 valence electrons. The van der Waals surface area contributed by atoms with Crippen molar-refractivity contribution in [2.24, 2.45) is 0 Å². The minimum Gasteiger partial charge on any atom is -0.497 e. The summed E-state index contributed by atoms with van der Waals surface area (Å²) in [6.45, 7) is 4.31. The zero-order valence-electron chi connectivity index (χ0n) is 13.1. The van der Waals surface area contributed by atoms with Crippen molar-refractivity contribution in [3.8, 4) is 5.75 Å². The first-order chi connectivity index (χ1) is 10.5. The van der Waals surface area contributed by atoms with Crippen LogP contribution in [-0.2, 0) is 5.41 Å². The van der Waals surface area contributed by atoms with Crippen molar-refractivity contribution in [2.45, 2.75) is 19.3 Å². The first kappa shape index (κ1) is 14.4. The van der Waals surface area contributed by atoms with E-state index in [2.05, 4.69) is 31.0 Å². The number of pyridine rings is 1. The molecule has 0 saturated carbocycles. The molecular weight excluding hydrogens is 272 g/mol. The van der Waals surface area contributed by atoms with Crippen LogP contribution in [0.15, 0.2) is 54.7 Å². The molecule has 1 aromatic heterocycles. The predicted octanol–water partition coefficient (Wildman–Crippen LogP) is 4.15. The van der Waals surface area contributed by atoms with Gasteiger partial charge in [0, 0.05) is 22.7 Å². The summed E-state index contributed by atoms with van der Waals surface area (Å²) < 4.78 is 5.31. The number of benzene rings is 2. The number of fused-ring (bicyclic) bond motifs is 1. The van der Waals surface area contributed by atoms with Gasteiger partial charge in [-0.3, -0.25) is 4.98 Å². The fraction of sp³-hybridized carbons (Fsp3) is 0.211. The number of nitrogens with two attached hydrogens (primary N) is 1. The monoisotopic (exact) mass is 292 g/mol. The summed E-state index contributed by atoms with van der Waals surface area (Å²) in [7, 11) is 1.68. The molecule has 3 nitrogen and oxygen atoms in total. The summed E-state index contributed by atoms with van der Waals surface area (Å²) in [5.41, 5.74) is 8.81.